The molecule has 1 unspecified atom stereocenters. The Morgan fingerprint density at radius 2 is 1.85 bits per heavy atom. The second-order valence-electron chi connectivity index (χ2n) is 7.94. The number of piperidine rings is 1. The molecule has 148 valence electrons. The summed E-state index contributed by atoms with van der Waals surface area (Å²) >= 11 is 0. The van der Waals surface area contributed by atoms with E-state index in [9.17, 15) is 8.78 Å². The van der Waals surface area contributed by atoms with Gasteiger partial charge in [-0.1, -0.05) is 0 Å². The number of nitrogens with one attached hydrogen (secondary N) is 1. The summed E-state index contributed by atoms with van der Waals surface area (Å²) in [5.74, 6) is -0.866. The number of hydrogen-bond donors (Lipinski definition) is 1. The Labute approximate surface area is 158 Å². The van der Waals surface area contributed by atoms with E-state index >= 15 is 0 Å². The van der Waals surface area contributed by atoms with Crippen LogP contribution in [-0.2, 0) is 0 Å². The molecule has 4 rings (SSSR count). The highest BCUT2D eigenvalue weighted by Crippen LogP contribution is 2.41. The predicted octanol–water partition coefficient (Wildman–Crippen LogP) is 3.51. The van der Waals surface area contributed by atoms with Crippen LogP contribution in [-0.4, -0.2) is 45.6 Å². The van der Waals surface area contributed by atoms with E-state index in [-0.39, 0.29) is 24.8 Å². The summed E-state index contributed by atoms with van der Waals surface area (Å²) in [4.78, 5) is 11.8. The smallest absolute Gasteiger partial charge is 0.252 e. The molecule has 3 heterocycles. The molecule has 0 bridgehead atoms. The van der Waals surface area contributed by atoms with Gasteiger partial charge in [-0.05, 0) is 52.0 Å². The molecule has 8 heteroatoms. The van der Waals surface area contributed by atoms with Gasteiger partial charge >= 0.3 is 0 Å². The van der Waals surface area contributed by atoms with Crippen LogP contribution in [0.2, 0.25) is 0 Å². The van der Waals surface area contributed by atoms with Gasteiger partial charge in [0.05, 0.1) is 17.9 Å². The molecule has 1 N–H and O–H groups in total. The maximum absolute atomic E-state index is 13.5. The van der Waals surface area contributed by atoms with Crippen molar-refractivity contribution >= 4 is 11.6 Å². The molecule has 6 nitrogen and oxygen atoms in total. The minimum absolute atomic E-state index is 0.0437. The Morgan fingerprint density at radius 1 is 1.15 bits per heavy atom. The lowest BCUT2D eigenvalue weighted by molar-refractivity contribution is -0.0496. The molecule has 0 aromatic carbocycles. The van der Waals surface area contributed by atoms with Crippen molar-refractivity contribution in [2.24, 2.45) is 5.92 Å². The molecule has 1 aliphatic heterocycles. The van der Waals surface area contributed by atoms with E-state index in [1.807, 2.05) is 20.2 Å². The van der Waals surface area contributed by atoms with Gasteiger partial charge in [-0.2, -0.15) is 10.1 Å². The molecular formula is C19H28F2N6. The quantitative estimate of drug-likeness (QED) is 0.882. The van der Waals surface area contributed by atoms with E-state index in [0.29, 0.717) is 18.6 Å². The first-order valence-electron chi connectivity index (χ1n) is 10.0. The summed E-state index contributed by atoms with van der Waals surface area (Å²) in [6.45, 7) is 4.00. The first-order valence-corrected chi connectivity index (χ1v) is 10.0. The normalized spacial score (nSPS) is 22.3. The van der Waals surface area contributed by atoms with Crippen molar-refractivity contribution in [2.75, 3.05) is 25.0 Å². The van der Waals surface area contributed by atoms with Crippen molar-refractivity contribution in [2.45, 2.75) is 63.8 Å². The molecule has 2 aliphatic rings. The fourth-order valence-electron chi connectivity index (χ4n) is 4.49. The van der Waals surface area contributed by atoms with Gasteiger partial charge in [0, 0.05) is 25.9 Å². The zero-order valence-corrected chi connectivity index (χ0v) is 16.1. The van der Waals surface area contributed by atoms with Crippen molar-refractivity contribution in [3.05, 3.63) is 17.6 Å². The lowest BCUT2D eigenvalue weighted by atomic mass is 9.81. The van der Waals surface area contributed by atoms with Gasteiger partial charge in [0.1, 0.15) is 5.69 Å². The zero-order valence-electron chi connectivity index (χ0n) is 16.1. The van der Waals surface area contributed by atoms with Gasteiger partial charge in [-0.3, -0.25) is 0 Å². The third kappa shape index (κ3) is 3.77. The van der Waals surface area contributed by atoms with Gasteiger partial charge in [-0.25, -0.2) is 18.3 Å². The number of fused-ring (bicyclic) bond motifs is 1. The largest absolute Gasteiger partial charge is 0.355 e. The highest BCUT2D eigenvalue weighted by Gasteiger charge is 2.38. The molecule has 1 aliphatic carbocycles. The number of hydrogen-bond acceptors (Lipinski definition) is 5. The topological polar surface area (TPSA) is 58.4 Å². The number of imidazole rings is 1. The summed E-state index contributed by atoms with van der Waals surface area (Å²) in [6.07, 6.45) is 6.44. The number of anilines is 1. The minimum Gasteiger partial charge on any atom is -0.355 e. The number of halogens is 2. The van der Waals surface area contributed by atoms with Crippen molar-refractivity contribution in [3.8, 4) is 0 Å². The van der Waals surface area contributed by atoms with Crippen LogP contribution in [0.4, 0.5) is 14.6 Å². The Kier molecular flexibility index (Phi) is 5.01. The summed E-state index contributed by atoms with van der Waals surface area (Å²) < 4.78 is 28.8. The van der Waals surface area contributed by atoms with Crippen LogP contribution >= 0.6 is 0 Å². The Balaban J connectivity index is 1.60. The molecule has 1 saturated heterocycles. The Hall–Kier alpha value is -1.83. The minimum atomic E-state index is -2.52. The van der Waals surface area contributed by atoms with Crippen LogP contribution in [0.5, 0.6) is 0 Å². The number of aryl methyl sites for hydroxylation is 1. The van der Waals surface area contributed by atoms with Gasteiger partial charge < -0.3 is 10.2 Å². The highest BCUT2D eigenvalue weighted by molar-refractivity contribution is 5.48. The van der Waals surface area contributed by atoms with E-state index in [1.54, 1.807) is 4.52 Å². The summed E-state index contributed by atoms with van der Waals surface area (Å²) in [5.41, 5.74) is 1.73. The maximum atomic E-state index is 13.5. The van der Waals surface area contributed by atoms with Gasteiger partial charge in [0.2, 0.25) is 5.92 Å². The van der Waals surface area contributed by atoms with E-state index < -0.39 is 5.92 Å². The van der Waals surface area contributed by atoms with E-state index in [4.69, 9.17) is 9.97 Å². The number of rotatable bonds is 4. The highest BCUT2D eigenvalue weighted by atomic mass is 19.3. The number of alkyl halides is 2. The average Bonchev–Trinajstić information content (AvgIpc) is 3.06. The second-order valence-corrected chi connectivity index (χ2v) is 7.94. The van der Waals surface area contributed by atoms with E-state index in [2.05, 4.69) is 15.3 Å². The van der Waals surface area contributed by atoms with E-state index in [1.165, 1.54) is 19.3 Å². The number of aromatic nitrogens is 4. The van der Waals surface area contributed by atoms with Gasteiger partial charge in [0.25, 0.3) is 5.78 Å². The second kappa shape index (κ2) is 7.30. The molecule has 1 saturated carbocycles. The van der Waals surface area contributed by atoms with Crippen molar-refractivity contribution in [3.63, 3.8) is 0 Å². The maximum Gasteiger partial charge on any atom is 0.252 e. The molecule has 27 heavy (non-hydrogen) atoms. The SMILES string of the molecule is CNC(c1cn2nc(C)c(N3CCCCC3)nc2n1)C1CCC(F)(F)CC1. The molecule has 0 spiro atoms. The summed E-state index contributed by atoms with van der Waals surface area (Å²) in [6, 6.07) is -0.0525. The van der Waals surface area contributed by atoms with Crippen molar-refractivity contribution in [1.82, 2.24) is 24.9 Å². The first kappa shape index (κ1) is 18.5. The zero-order chi connectivity index (χ0) is 19.0. The van der Waals surface area contributed by atoms with Crippen LogP contribution in [0.15, 0.2) is 6.20 Å². The van der Waals surface area contributed by atoms with Crippen molar-refractivity contribution in [1.29, 1.82) is 0 Å². The summed E-state index contributed by atoms with van der Waals surface area (Å²) in [7, 11) is 1.87. The van der Waals surface area contributed by atoms with Crippen LogP contribution in [0.3, 0.4) is 0 Å². The molecule has 0 radical (unpaired) electrons. The molecule has 2 fully saturated rings. The van der Waals surface area contributed by atoms with Crippen LogP contribution in [0.25, 0.3) is 5.78 Å². The van der Waals surface area contributed by atoms with Crippen LogP contribution in [0.1, 0.15) is 62.4 Å². The fourth-order valence-corrected chi connectivity index (χ4v) is 4.49. The van der Waals surface area contributed by atoms with E-state index in [0.717, 1.165) is 30.3 Å². The summed E-state index contributed by atoms with van der Waals surface area (Å²) in [5, 5.41) is 7.94. The third-order valence-electron chi connectivity index (χ3n) is 5.99. The first-order chi connectivity index (χ1) is 13.0. The van der Waals surface area contributed by atoms with Gasteiger partial charge in [0.15, 0.2) is 5.82 Å². The predicted molar refractivity (Wildman–Crippen MR) is 100 cm³/mol. The fraction of sp³-hybridized carbons (Fsp3) is 0.737. The van der Waals surface area contributed by atoms with Crippen molar-refractivity contribution < 1.29 is 8.78 Å². The van der Waals surface area contributed by atoms with Gasteiger partial charge in [-0.15, -0.1) is 0 Å². The molecule has 1 atom stereocenters. The lowest BCUT2D eigenvalue weighted by Gasteiger charge is -2.32. The monoisotopic (exact) mass is 378 g/mol. The Morgan fingerprint density at radius 3 is 2.52 bits per heavy atom. The Bertz CT molecular complexity index is 789. The van der Waals surface area contributed by atoms with Crippen LogP contribution < -0.4 is 10.2 Å². The molecule has 2 aromatic heterocycles. The number of nitrogens with zero attached hydrogens (tertiary/aromatic N) is 5. The standard InChI is InChI=1S/C19H28F2N6/c1-13-17(26-10-4-3-5-11-26)24-18-23-15(12-27(18)25-13)16(22-2)14-6-8-19(20,21)9-7-14/h12,14,16,22H,3-11H2,1-2H3. The molecule has 0 amide bonds. The average molecular weight is 378 g/mol. The lowest BCUT2D eigenvalue weighted by Crippen LogP contribution is -2.32. The molecular weight excluding hydrogens is 350 g/mol. The van der Waals surface area contributed by atoms with Crippen LogP contribution in [0, 0.1) is 12.8 Å². The molecule has 2 aromatic rings. The third-order valence-corrected chi connectivity index (χ3v) is 5.99.